The molecule has 3 aromatic carbocycles. The number of nitrogens with zero attached hydrogens (tertiary/aromatic N) is 5. The van der Waals surface area contributed by atoms with Crippen LogP contribution in [0, 0.1) is 5.82 Å². The van der Waals surface area contributed by atoms with Crippen molar-refractivity contribution < 1.29 is 23.8 Å². The average Bonchev–Trinajstić information content (AvgIpc) is 3.72. The summed E-state index contributed by atoms with van der Waals surface area (Å²) < 4.78 is 28.9. The molecule has 4 aliphatic rings. The van der Waals surface area contributed by atoms with Gasteiger partial charge in [-0.25, -0.2) is 9.18 Å². The Bertz CT molecular complexity index is 1870. The number of benzene rings is 3. The first kappa shape index (κ1) is 31.1. The topological polar surface area (TPSA) is 103 Å². The lowest BCUT2D eigenvalue weighted by Crippen LogP contribution is -2.59. The van der Waals surface area contributed by atoms with Gasteiger partial charge in [0, 0.05) is 30.1 Å². The number of ether oxygens (including phenoxy) is 2. The summed E-state index contributed by atoms with van der Waals surface area (Å²) >= 11 is 0. The number of carbonyl (C=O) groups is 1. The number of phenolic OH excluding ortho intramolecular Hbond substituents is 1. The van der Waals surface area contributed by atoms with E-state index in [1.807, 2.05) is 35.2 Å². The number of urea groups is 1. The molecule has 11 heteroatoms. The number of hydrogen-bond donors (Lipinski definition) is 2. The molecule has 4 aromatic rings. The van der Waals surface area contributed by atoms with Crippen molar-refractivity contribution in [2.45, 2.75) is 75.7 Å². The number of likely N-dealkylation sites (tertiary alicyclic amines) is 1. The van der Waals surface area contributed by atoms with Crippen molar-refractivity contribution in [1.82, 2.24) is 25.1 Å². The number of aromatic nitrogens is 2. The number of likely N-dealkylation sites (N-methyl/N-ethyl adjacent to an activating group) is 1. The number of amides is 2. The summed E-state index contributed by atoms with van der Waals surface area (Å²) in [5.74, 6) is 0.194. The molecule has 1 aromatic heterocycles. The number of carbonyl (C=O) groups excluding carboxylic acids is 1. The van der Waals surface area contributed by atoms with Gasteiger partial charge in [-0.15, -0.1) is 0 Å². The average molecular weight is 655 g/mol. The van der Waals surface area contributed by atoms with Crippen molar-refractivity contribution in [1.29, 1.82) is 0 Å². The van der Waals surface area contributed by atoms with Gasteiger partial charge in [0.05, 0.1) is 30.3 Å². The highest BCUT2D eigenvalue weighted by atomic mass is 19.1. The molecular formula is C37H43FN6O4. The summed E-state index contributed by atoms with van der Waals surface area (Å²) in [5.41, 5.74) is 0.881. The molecule has 4 atom stereocenters. The van der Waals surface area contributed by atoms with Crippen LogP contribution in [-0.4, -0.2) is 101 Å². The standard InChI is InChI=1S/C37H43FN6O4/c1-37(2)17-23(20-48-37)39-36(46)44-24-10-11-25(44)19-43(18-24)34-30-13-12-29(31-16-27(45)15-22-7-4-5-9-28(22)31)32(38)33(30)40-35(41-34)47-21-26-8-6-14-42(26)3/h4-5,7,9,12-13,15-16,23-26,45H,6,8,10-11,14,17-21H2,1-3H3,(H,39,46). The normalized spacial score (nSPS) is 25.3. The minimum Gasteiger partial charge on any atom is -0.508 e. The second-order valence-corrected chi connectivity index (χ2v) is 14.6. The zero-order chi connectivity index (χ0) is 33.2. The van der Waals surface area contributed by atoms with Crippen LogP contribution in [0.25, 0.3) is 32.8 Å². The van der Waals surface area contributed by atoms with E-state index in [1.165, 1.54) is 0 Å². The number of nitrogens with one attached hydrogen (secondary N) is 1. The fraction of sp³-hybridized carbons (Fsp3) is 0.486. The minimum absolute atomic E-state index is 0.00313. The maximum Gasteiger partial charge on any atom is 0.319 e. The second-order valence-electron chi connectivity index (χ2n) is 14.6. The number of fused-ring (bicyclic) bond motifs is 4. The third-order valence-electron chi connectivity index (χ3n) is 10.7. The molecule has 4 unspecified atom stereocenters. The zero-order valence-electron chi connectivity index (χ0n) is 27.8. The quantitative estimate of drug-likeness (QED) is 0.273. The highest BCUT2D eigenvalue weighted by Crippen LogP contribution is 2.40. The Morgan fingerprint density at radius 1 is 1.06 bits per heavy atom. The molecule has 5 heterocycles. The van der Waals surface area contributed by atoms with Gasteiger partial charge in [0.25, 0.3) is 0 Å². The van der Waals surface area contributed by atoms with E-state index in [9.17, 15) is 9.90 Å². The highest BCUT2D eigenvalue weighted by molar-refractivity contribution is 6.01. The van der Waals surface area contributed by atoms with Crippen molar-refractivity contribution in [2.75, 3.05) is 44.8 Å². The third kappa shape index (κ3) is 5.66. The van der Waals surface area contributed by atoms with Crippen LogP contribution in [0.3, 0.4) is 0 Å². The van der Waals surface area contributed by atoms with Gasteiger partial charge in [-0.3, -0.25) is 0 Å². The molecule has 4 saturated heterocycles. The Labute approximate surface area is 279 Å². The molecule has 0 aliphatic carbocycles. The van der Waals surface area contributed by atoms with Gasteiger partial charge in [-0.1, -0.05) is 30.3 Å². The van der Waals surface area contributed by atoms with E-state index in [2.05, 4.69) is 41.0 Å². The summed E-state index contributed by atoms with van der Waals surface area (Å²) in [7, 11) is 2.09. The lowest BCUT2D eigenvalue weighted by Gasteiger charge is -2.42. The molecule has 252 valence electrons. The minimum atomic E-state index is -0.488. The van der Waals surface area contributed by atoms with Gasteiger partial charge < -0.3 is 34.6 Å². The molecule has 0 saturated carbocycles. The smallest absolute Gasteiger partial charge is 0.319 e. The predicted molar refractivity (Wildman–Crippen MR) is 183 cm³/mol. The maximum absolute atomic E-state index is 16.8. The van der Waals surface area contributed by atoms with Gasteiger partial charge in [0.1, 0.15) is 23.7 Å². The van der Waals surface area contributed by atoms with Gasteiger partial charge in [-0.05, 0) is 94.1 Å². The van der Waals surface area contributed by atoms with Crippen LogP contribution in [0.5, 0.6) is 11.8 Å². The first-order valence-electron chi connectivity index (χ1n) is 17.2. The van der Waals surface area contributed by atoms with E-state index in [4.69, 9.17) is 14.5 Å². The number of piperazine rings is 1. The molecule has 2 bridgehead atoms. The predicted octanol–water partition coefficient (Wildman–Crippen LogP) is 5.70. The van der Waals surface area contributed by atoms with Crippen LogP contribution in [-0.2, 0) is 4.74 Å². The summed E-state index contributed by atoms with van der Waals surface area (Å²) in [6.45, 7) is 7.21. The lowest BCUT2D eigenvalue weighted by atomic mass is 9.96. The van der Waals surface area contributed by atoms with Gasteiger partial charge >= 0.3 is 12.0 Å². The Morgan fingerprint density at radius 3 is 2.58 bits per heavy atom. The number of halogens is 1. The fourth-order valence-corrected chi connectivity index (χ4v) is 8.30. The molecule has 0 radical (unpaired) electrons. The lowest BCUT2D eigenvalue weighted by molar-refractivity contribution is 0.0356. The van der Waals surface area contributed by atoms with E-state index in [1.54, 1.807) is 18.2 Å². The molecule has 48 heavy (non-hydrogen) atoms. The summed E-state index contributed by atoms with van der Waals surface area (Å²) in [6, 6.07) is 14.9. The van der Waals surface area contributed by atoms with Crippen molar-refractivity contribution in [3.63, 3.8) is 0 Å². The molecule has 0 spiro atoms. The van der Waals surface area contributed by atoms with E-state index < -0.39 is 5.82 Å². The Hall–Kier alpha value is -4.22. The van der Waals surface area contributed by atoms with Gasteiger partial charge in [-0.2, -0.15) is 9.97 Å². The van der Waals surface area contributed by atoms with Gasteiger partial charge in [0.15, 0.2) is 5.82 Å². The number of phenols is 1. The van der Waals surface area contributed by atoms with Gasteiger partial charge in [0.2, 0.25) is 0 Å². The largest absolute Gasteiger partial charge is 0.508 e. The Kier molecular flexibility index (Phi) is 7.79. The number of rotatable bonds is 6. The van der Waals surface area contributed by atoms with Crippen LogP contribution in [0.15, 0.2) is 48.5 Å². The number of aromatic hydroxyl groups is 1. The van der Waals surface area contributed by atoms with Crippen molar-refractivity contribution >= 4 is 33.5 Å². The molecule has 8 rings (SSSR count). The molecule has 10 nitrogen and oxygen atoms in total. The van der Waals surface area contributed by atoms with E-state index in [-0.39, 0.29) is 53.1 Å². The van der Waals surface area contributed by atoms with Crippen LogP contribution in [0.2, 0.25) is 0 Å². The highest BCUT2D eigenvalue weighted by Gasteiger charge is 2.45. The summed E-state index contributed by atoms with van der Waals surface area (Å²) in [5, 5.41) is 16.0. The zero-order valence-corrected chi connectivity index (χ0v) is 27.8. The monoisotopic (exact) mass is 654 g/mol. The van der Waals surface area contributed by atoms with Crippen LogP contribution in [0.1, 0.15) is 46.0 Å². The van der Waals surface area contributed by atoms with Crippen LogP contribution >= 0.6 is 0 Å². The first-order valence-corrected chi connectivity index (χ1v) is 17.2. The van der Waals surface area contributed by atoms with Crippen molar-refractivity contribution in [2.24, 2.45) is 0 Å². The third-order valence-corrected chi connectivity index (χ3v) is 10.7. The van der Waals surface area contributed by atoms with Crippen molar-refractivity contribution in [3.8, 4) is 22.9 Å². The van der Waals surface area contributed by atoms with E-state index in [0.29, 0.717) is 48.6 Å². The van der Waals surface area contributed by atoms with Crippen LogP contribution in [0.4, 0.5) is 15.0 Å². The Morgan fingerprint density at radius 2 is 1.85 bits per heavy atom. The van der Waals surface area contributed by atoms with Crippen LogP contribution < -0.4 is 15.0 Å². The SMILES string of the molecule is CN1CCCC1COc1nc(N2CC3CCC(C2)N3C(=O)NC2COC(C)(C)C2)c2ccc(-c3cc(O)cc4ccccc34)c(F)c2n1. The van der Waals surface area contributed by atoms with E-state index in [0.717, 1.165) is 49.4 Å². The fourth-order valence-electron chi connectivity index (χ4n) is 8.30. The molecule has 4 aliphatic heterocycles. The summed E-state index contributed by atoms with van der Waals surface area (Å²) in [4.78, 5) is 29.6. The molecular weight excluding hydrogens is 611 g/mol. The molecule has 4 fully saturated rings. The second kappa shape index (κ2) is 12.0. The van der Waals surface area contributed by atoms with E-state index >= 15 is 4.39 Å². The number of anilines is 1. The molecule has 2 N–H and O–H groups in total. The summed E-state index contributed by atoms with van der Waals surface area (Å²) in [6.07, 6.45) is 4.70. The molecule has 2 amide bonds. The first-order chi connectivity index (χ1) is 23.1. The Balaban J connectivity index is 1.14. The van der Waals surface area contributed by atoms with Crippen molar-refractivity contribution in [3.05, 3.63) is 54.3 Å². The number of hydrogen-bond acceptors (Lipinski definition) is 8. The maximum atomic E-state index is 16.8.